The molecule has 1 N–H and O–H groups in total. The lowest BCUT2D eigenvalue weighted by atomic mass is 9.77. The molecule has 0 saturated heterocycles. The van der Waals surface area contributed by atoms with Crippen molar-refractivity contribution in [2.24, 2.45) is 5.92 Å². The van der Waals surface area contributed by atoms with Crippen molar-refractivity contribution in [3.8, 4) is 5.75 Å². The summed E-state index contributed by atoms with van der Waals surface area (Å²) in [6.07, 6.45) is 3.05. The molecule has 3 heteroatoms. The first kappa shape index (κ1) is 14.9. The molecule has 3 nitrogen and oxygen atoms in total. The number of hydrogen-bond acceptors (Lipinski definition) is 3. The summed E-state index contributed by atoms with van der Waals surface area (Å²) in [5.74, 6) is 1.56. The van der Waals surface area contributed by atoms with Gasteiger partial charge in [0.05, 0.1) is 18.8 Å². The Morgan fingerprint density at radius 2 is 2.14 bits per heavy atom. The van der Waals surface area contributed by atoms with Crippen molar-refractivity contribution in [2.75, 3.05) is 13.2 Å². The molecule has 1 saturated carbocycles. The summed E-state index contributed by atoms with van der Waals surface area (Å²) in [7, 11) is 0. The van der Waals surface area contributed by atoms with Gasteiger partial charge in [-0.05, 0) is 49.8 Å². The van der Waals surface area contributed by atoms with Crippen LogP contribution in [0.2, 0.25) is 0 Å². The summed E-state index contributed by atoms with van der Waals surface area (Å²) in [5.41, 5.74) is 2.29. The van der Waals surface area contributed by atoms with Crippen LogP contribution >= 0.6 is 0 Å². The average molecular weight is 290 g/mol. The highest BCUT2D eigenvalue weighted by Gasteiger charge is 2.34. The van der Waals surface area contributed by atoms with Crippen molar-refractivity contribution >= 4 is 0 Å². The summed E-state index contributed by atoms with van der Waals surface area (Å²) in [6, 6.07) is 6.14. The van der Waals surface area contributed by atoms with Crippen LogP contribution in [0.3, 0.4) is 0 Å². The van der Waals surface area contributed by atoms with E-state index >= 15 is 0 Å². The Hall–Kier alpha value is -1.06. The van der Waals surface area contributed by atoms with Gasteiger partial charge in [0.2, 0.25) is 0 Å². The van der Waals surface area contributed by atoms with Gasteiger partial charge in [0.25, 0.3) is 0 Å². The summed E-state index contributed by atoms with van der Waals surface area (Å²) in [4.78, 5) is 0. The third kappa shape index (κ3) is 2.95. The van der Waals surface area contributed by atoms with E-state index in [1.165, 1.54) is 5.56 Å². The lowest BCUT2D eigenvalue weighted by molar-refractivity contribution is -0.0380. The first-order valence-corrected chi connectivity index (χ1v) is 8.06. The van der Waals surface area contributed by atoms with Crippen molar-refractivity contribution in [3.05, 3.63) is 29.3 Å². The number of fused-ring (bicyclic) bond motifs is 1. The Bertz CT molecular complexity index is 503. The molecule has 3 rings (SSSR count). The molecule has 0 spiro atoms. The third-order valence-corrected chi connectivity index (χ3v) is 4.86. The predicted octanol–water partition coefficient (Wildman–Crippen LogP) is 3.60. The van der Waals surface area contributed by atoms with Crippen LogP contribution in [-0.4, -0.2) is 24.4 Å². The molecule has 0 radical (unpaired) electrons. The molecule has 116 valence electrons. The normalized spacial score (nSPS) is 27.6. The second kappa shape index (κ2) is 5.62. The second-order valence-electron chi connectivity index (χ2n) is 7.09. The fourth-order valence-corrected chi connectivity index (χ4v) is 3.44. The van der Waals surface area contributed by atoms with Gasteiger partial charge < -0.3 is 14.6 Å². The van der Waals surface area contributed by atoms with E-state index in [4.69, 9.17) is 9.47 Å². The lowest BCUT2D eigenvalue weighted by Crippen LogP contribution is -2.32. The van der Waals surface area contributed by atoms with Gasteiger partial charge in [-0.3, -0.25) is 0 Å². The molecule has 0 amide bonds. The molecular weight excluding hydrogens is 264 g/mol. The van der Waals surface area contributed by atoms with E-state index < -0.39 is 0 Å². The maximum absolute atomic E-state index is 10.5. The van der Waals surface area contributed by atoms with Crippen molar-refractivity contribution in [1.29, 1.82) is 0 Å². The summed E-state index contributed by atoms with van der Waals surface area (Å²) in [6.45, 7) is 7.93. The summed E-state index contributed by atoms with van der Waals surface area (Å²) < 4.78 is 11.3. The SMILES string of the molecule is CCOC1CC(CC(O)c2ccc3c(c2)C(C)(C)CO3)C1. The van der Waals surface area contributed by atoms with Crippen LogP contribution in [-0.2, 0) is 10.2 Å². The first-order valence-electron chi connectivity index (χ1n) is 8.06. The maximum atomic E-state index is 10.5. The third-order valence-electron chi connectivity index (χ3n) is 4.86. The van der Waals surface area contributed by atoms with Crippen molar-refractivity contribution in [1.82, 2.24) is 0 Å². The molecule has 1 aromatic rings. The van der Waals surface area contributed by atoms with Crippen molar-refractivity contribution < 1.29 is 14.6 Å². The molecule has 1 heterocycles. The highest BCUT2D eigenvalue weighted by molar-refractivity contribution is 5.45. The fourth-order valence-electron chi connectivity index (χ4n) is 3.44. The minimum absolute atomic E-state index is 0.0432. The van der Waals surface area contributed by atoms with Gasteiger partial charge in [-0.25, -0.2) is 0 Å². The van der Waals surface area contributed by atoms with Gasteiger partial charge >= 0.3 is 0 Å². The van der Waals surface area contributed by atoms with Gasteiger partial charge in [0.15, 0.2) is 0 Å². The Morgan fingerprint density at radius 3 is 2.86 bits per heavy atom. The van der Waals surface area contributed by atoms with Crippen LogP contribution in [0.25, 0.3) is 0 Å². The molecule has 0 bridgehead atoms. The summed E-state index contributed by atoms with van der Waals surface area (Å²) >= 11 is 0. The largest absolute Gasteiger partial charge is 0.492 e. The molecule has 1 atom stereocenters. The molecule has 1 aliphatic heterocycles. The van der Waals surface area contributed by atoms with Crippen LogP contribution in [0.15, 0.2) is 18.2 Å². The second-order valence-corrected chi connectivity index (χ2v) is 7.09. The highest BCUT2D eigenvalue weighted by Crippen LogP contribution is 2.41. The van der Waals surface area contributed by atoms with Gasteiger partial charge in [-0.2, -0.15) is 0 Å². The number of benzene rings is 1. The lowest BCUT2D eigenvalue weighted by Gasteiger charge is -2.36. The maximum Gasteiger partial charge on any atom is 0.123 e. The zero-order valence-corrected chi connectivity index (χ0v) is 13.3. The average Bonchev–Trinajstić information content (AvgIpc) is 2.72. The van der Waals surface area contributed by atoms with Crippen molar-refractivity contribution in [2.45, 2.75) is 57.7 Å². The van der Waals surface area contributed by atoms with Gasteiger partial charge in [-0.1, -0.05) is 19.9 Å². The number of aliphatic hydroxyl groups is 1. The van der Waals surface area contributed by atoms with Crippen LogP contribution in [0.5, 0.6) is 5.75 Å². The molecule has 1 aliphatic carbocycles. The Kier molecular flexibility index (Phi) is 3.98. The quantitative estimate of drug-likeness (QED) is 0.900. The van der Waals surface area contributed by atoms with E-state index in [2.05, 4.69) is 19.9 Å². The van der Waals surface area contributed by atoms with Crippen LogP contribution in [0, 0.1) is 5.92 Å². The number of rotatable bonds is 5. The molecule has 21 heavy (non-hydrogen) atoms. The Morgan fingerprint density at radius 1 is 1.38 bits per heavy atom. The molecule has 2 aliphatic rings. The zero-order chi connectivity index (χ0) is 15.0. The number of ether oxygens (including phenoxy) is 2. The standard InChI is InChI=1S/C18H26O3/c1-4-20-14-7-12(8-14)9-16(19)13-5-6-17-15(10-13)18(2,3)11-21-17/h5-6,10,12,14,16,19H,4,7-9,11H2,1-3H3. The molecule has 0 aromatic heterocycles. The molecule has 1 unspecified atom stereocenters. The van der Waals surface area contributed by atoms with E-state index in [1.807, 2.05) is 19.1 Å². The van der Waals surface area contributed by atoms with E-state index in [1.54, 1.807) is 0 Å². The molecular formula is C18H26O3. The van der Waals surface area contributed by atoms with E-state index in [9.17, 15) is 5.11 Å². The first-order chi connectivity index (χ1) is 9.99. The monoisotopic (exact) mass is 290 g/mol. The van der Waals surface area contributed by atoms with E-state index in [0.29, 0.717) is 12.0 Å². The van der Waals surface area contributed by atoms with Gasteiger partial charge in [0, 0.05) is 17.6 Å². The van der Waals surface area contributed by atoms with Crippen LogP contribution < -0.4 is 4.74 Å². The minimum Gasteiger partial charge on any atom is -0.492 e. The Balaban J connectivity index is 1.63. The topological polar surface area (TPSA) is 38.7 Å². The fraction of sp³-hybridized carbons (Fsp3) is 0.667. The van der Waals surface area contributed by atoms with Gasteiger partial charge in [-0.15, -0.1) is 0 Å². The minimum atomic E-state index is -0.376. The molecule has 1 fully saturated rings. The zero-order valence-electron chi connectivity index (χ0n) is 13.3. The highest BCUT2D eigenvalue weighted by atomic mass is 16.5. The molecule has 1 aromatic carbocycles. The van der Waals surface area contributed by atoms with Gasteiger partial charge in [0.1, 0.15) is 5.75 Å². The van der Waals surface area contributed by atoms with E-state index in [-0.39, 0.29) is 11.5 Å². The predicted molar refractivity (Wildman–Crippen MR) is 82.7 cm³/mol. The Labute approximate surface area is 127 Å². The van der Waals surface area contributed by atoms with Crippen LogP contribution in [0.4, 0.5) is 0 Å². The number of hydrogen-bond donors (Lipinski definition) is 1. The smallest absolute Gasteiger partial charge is 0.123 e. The van der Waals surface area contributed by atoms with Crippen LogP contribution in [0.1, 0.15) is 57.3 Å². The number of aliphatic hydroxyl groups excluding tert-OH is 1. The van der Waals surface area contributed by atoms with Crippen molar-refractivity contribution in [3.63, 3.8) is 0 Å². The summed E-state index contributed by atoms with van der Waals surface area (Å²) in [5, 5.41) is 10.5. The van der Waals surface area contributed by atoms with E-state index in [0.717, 1.165) is 43.8 Å².